The van der Waals surface area contributed by atoms with Crippen molar-refractivity contribution in [2.75, 3.05) is 19.6 Å². The molecule has 1 aromatic heterocycles. The van der Waals surface area contributed by atoms with E-state index in [4.69, 9.17) is 0 Å². The first-order chi connectivity index (χ1) is 12.7. The summed E-state index contributed by atoms with van der Waals surface area (Å²) in [6, 6.07) is 10.5. The number of aromatic nitrogens is 1. The second-order valence-electron chi connectivity index (χ2n) is 7.30. The summed E-state index contributed by atoms with van der Waals surface area (Å²) in [6.07, 6.45) is 6.85. The van der Waals surface area contributed by atoms with Gasteiger partial charge in [0.15, 0.2) is 0 Å². The van der Waals surface area contributed by atoms with E-state index in [1.165, 1.54) is 5.56 Å². The van der Waals surface area contributed by atoms with Crippen LogP contribution < -0.4 is 10.6 Å². The van der Waals surface area contributed by atoms with Gasteiger partial charge >= 0.3 is 0 Å². The molecule has 1 aromatic carbocycles. The summed E-state index contributed by atoms with van der Waals surface area (Å²) in [4.78, 5) is 16.8. The van der Waals surface area contributed by atoms with Crippen molar-refractivity contribution in [3.8, 4) is 11.1 Å². The summed E-state index contributed by atoms with van der Waals surface area (Å²) < 4.78 is 0. The van der Waals surface area contributed by atoms with Crippen molar-refractivity contribution >= 4 is 5.91 Å². The quantitative estimate of drug-likeness (QED) is 0.827. The van der Waals surface area contributed by atoms with E-state index in [0.717, 1.165) is 50.0 Å². The highest BCUT2D eigenvalue weighted by Crippen LogP contribution is 2.24. The first kappa shape index (κ1) is 18.6. The van der Waals surface area contributed by atoms with Crippen molar-refractivity contribution < 1.29 is 4.79 Å². The number of amides is 1. The van der Waals surface area contributed by atoms with E-state index in [1.54, 1.807) is 6.20 Å². The lowest BCUT2D eigenvalue weighted by Gasteiger charge is -2.22. The number of pyridine rings is 1. The highest BCUT2D eigenvalue weighted by molar-refractivity contribution is 5.95. The smallest absolute Gasteiger partial charge is 0.252 e. The maximum atomic E-state index is 12.5. The molecular formula is C22H29N3O. The maximum absolute atomic E-state index is 12.5. The number of nitrogens with zero attached hydrogens (tertiary/aromatic N) is 1. The second-order valence-corrected chi connectivity index (χ2v) is 7.30. The highest BCUT2D eigenvalue weighted by atomic mass is 16.1. The van der Waals surface area contributed by atoms with Crippen molar-refractivity contribution in [1.29, 1.82) is 0 Å². The fraction of sp³-hybridized carbons (Fsp3) is 0.455. The summed E-state index contributed by atoms with van der Waals surface area (Å²) in [5, 5.41) is 6.42. The minimum Gasteiger partial charge on any atom is -0.352 e. The molecule has 4 heteroatoms. The Labute approximate surface area is 156 Å². The third kappa shape index (κ3) is 4.70. The van der Waals surface area contributed by atoms with Gasteiger partial charge in [-0.1, -0.05) is 38.1 Å². The predicted octanol–water partition coefficient (Wildman–Crippen LogP) is 3.99. The monoisotopic (exact) mass is 351 g/mol. The molecule has 1 atom stereocenters. The fourth-order valence-corrected chi connectivity index (χ4v) is 3.39. The standard InChI is InChI=1S/C22H29N3O/c1-3-16(2)18-4-6-19(7-5-18)20-12-21(15-24-14-20)22(26)25-13-17-8-10-23-11-9-17/h4-7,12,14-17,23H,3,8-11,13H2,1-2H3,(H,25,26). The molecule has 138 valence electrons. The number of hydrogen-bond acceptors (Lipinski definition) is 3. The van der Waals surface area contributed by atoms with Crippen LogP contribution >= 0.6 is 0 Å². The minimum absolute atomic E-state index is 0.0332. The Morgan fingerprint density at radius 2 is 1.92 bits per heavy atom. The zero-order valence-electron chi connectivity index (χ0n) is 15.8. The van der Waals surface area contributed by atoms with Gasteiger partial charge in [0.1, 0.15) is 0 Å². The van der Waals surface area contributed by atoms with Crippen LogP contribution in [0.3, 0.4) is 0 Å². The van der Waals surface area contributed by atoms with Crippen LogP contribution in [0.2, 0.25) is 0 Å². The molecule has 1 aliphatic heterocycles. The largest absolute Gasteiger partial charge is 0.352 e. The van der Waals surface area contributed by atoms with Crippen LogP contribution in [-0.4, -0.2) is 30.5 Å². The van der Waals surface area contributed by atoms with Gasteiger partial charge in [-0.3, -0.25) is 9.78 Å². The van der Waals surface area contributed by atoms with E-state index in [9.17, 15) is 4.79 Å². The SMILES string of the molecule is CCC(C)c1ccc(-c2cncc(C(=O)NCC3CCNCC3)c2)cc1. The van der Waals surface area contributed by atoms with Gasteiger partial charge in [-0.2, -0.15) is 0 Å². The third-order valence-corrected chi connectivity index (χ3v) is 5.44. The van der Waals surface area contributed by atoms with E-state index >= 15 is 0 Å². The Bertz CT molecular complexity index is 720. The maximum Gasteiger partial charge on any atom is 0.252 e. The van der Waals surface area contributed by atoms with Crippen molar-refractivity contribution in [2.24, 2.45) is 5.92 Å². The topological polar surface area (TPSA) is 54.0 Å². The average Bonchev–Trinajstić information content (AvgIpc) is 2.72. The number of hydrogen-bond donors (Lipinski definition) is 2. The summed E-state index contributed by atoms with van der Waals surface area (Å²) in [7, 11) is 0. The number of piperidine rings is 1. The summed E-state index contributed by atoms with van der Waals surface area (Å²) in [6.45, 7) is 7.28. The average molecular weight is 351 g/mol. The molecule has 1 fully saturated rings. The summed E-state index contributed by atoms with van der Waals surface area (Å²) in [5.74, 6) is 1.10. The lowest BCUT2D eigenvalue weighted by atomic mass is 9.96. The molecule has 1 amide bonds. The number of carbonyl (C=O) groups is 1. The Morgan fingerprint density at radius 3 is 2.62 bits per heavy atom. The molecule has 4 nitrogen and oxygen atoms in total. The van der Waals surface area contributed by atoms with Crippen LogP contribution in [0.5, 0.6) is 0 Å². The van der Waals surface area contributed by atoms with E-state index in [-0.39, 0.29) is 5.91 Å². The number of rotatable bonds is 6. The van der Waals surface area contributed by atoms with Gasteiger partial charge in [0.25, 0.3) is 5.91 Å². The molecule has 1 saturated heterocycles. The Morgan fingerprint density at radius 1 is 1.19 bits per heavy atom. The molecule has 26 heavy (non-hydrogen) atoms. The first-order valence-electron chi connectivity index (χ1n) is 9.71. The first-order valence-corrected chi connectivity index (χ1v) is 9.71. The Kier molecular flexibility index (Phi) is 6.40. The molecule has 0 spiro atoms. The Hall–Kier alpha value is -2.20. The highest BCUT2D eigenvalue weighted by Gasteiger charge is 2.15. The van der Waals surface area contributed by atoms with Gasteiger partial charge in [-0.15, -0.1) is 0 Å². The zero-order valence-corrected chi connectivity index (χ0v) is 15.8. The molecular weight excluding hydrogens is 322 g/mol. The van der Waals surface area contributed by atoms with Crippen LogP contribution in [0, 0.1) is 5.92 Å². The van der Waals surface area contributed by atoms with Crippen LogP contribution in [0.15, 0.2) is 42.7 Å². The molecule has 0 bridgehead atoms. The Balaban J connectivity index is 1.66. The van der Waals surface area contributed by atoms with Crippen molar-refractivity contribution in [3.63, 3.8) is 0 Å². The summed E-state index contributed by atoms with van der Waals surface area (Å²) in [5.41, 5.74) is 4.05. The third-order valence-electron chi connectivity index (χ3n) is 5.44. The molecule has 2 aromatic rings. The van der Waals surface area contributed by atoms with Crippen molar-refractivity contribution in [1.82, 2.24) is 15.6 Å². The fourth-order valence-electron chi connectivity index (χ4n) is 3.39. The molecule has 0 saturated carbocycles. The van der Waals surface area contributed by atoms with Gasteiger partial charge in [-0.25, -0.2) is 0 Å². The molecule has 2 N–H and O–H groups in total. The molecule has 3 rings (SSSR count). The van der Waals surface area contributed by atoms with Crippen molar-refractivity contribution in [2.45, 2.75) is 39.0 Å². The second kappa shape index (κ2) is 8.95. The van der Waals surface area contributed by atoms with Crippen LogP contribution in [0.4, 0.5) is 0 Å². The number of carbonyl (C=O) groups excluding carboxylic acids is 1. The van der Waals surface area contributed by atoms with E-state index in [2.05, 4.69) is 53.7 Å². The number of nitrogens with one attached hydrogen (secondary N) is 2. The van der Waals surface area contributed by atoms with E-state index in [0.29, 0.717) is 17.4 Å². The van der Waals surface area contributed by atoms with Gasteiger partial charge in [0.2, 0.25) is 0 Å². The molecule has 0 aliphatic carbocycles. The van der Waals surface area contributed by atoms with Gasteiger partial charge in [-0.05, 0) is 61.4 Å². The molecule has 2 heterocycles. The lowest BCUT2D eigenvalue weighted by molar-refractivity contribution is 0.0944. The molecule has 1 unspecified atom stereocenters. The van der Waals surface area contributed by atoms with E-state index in [1.807, 2.05) is 12.3 Å². The lowest BCUT2D eigenvalue weighted by Crippen LogP contribution is -2.36. The normalized spacial score (nSPS) is 16.2. The van der Waals surface area contributed by atoms with Gasteiger partial charge < -0.3 is 10.6 Å². The van der Waals surface area contributed by atoms with E-state index < -0.39 is 0 Å². The van der Waals surface area contributed by atoms with Crippen LogP contribution in [0.25, 0.3) is 11.1 Å². The predicted molar refractivity (Wildman–Crippen MR) is 106 cm³/mol. The van der Waals surface area contributed by atoms with Gasteiger partial charge in [0, 0.05) is 24.5 Å². The molecule has 0 radical (unpaired) electrons. The van der Waals surface area contributed by atoms with Gasteiger partial charge in [0.05, 0.1) is 5.56 Å². The molecule has 1 aliphatic rings. The van der Waals surface area contributed by atoms with Crippen LogP contribution in [0.1, 0.15) is 54.9 Å². The minimum atomic E-state index is -0.0332. The zero-order chi connectivity index (χ0) is 18.4. The van der Waals surface area contributed by atoms with Crippen molar-refractivity contribution in [3.05, 3.63) is 53.9 Å². The van der Waals surface area contributed by atoms with Crippen LogP contribution in [-0.2, 0) is 0 Å². The summed E-state index contributed by atoms with van der Waals surface area (Å²) >= 11 is 0. The number of benzene rings is 1.